The number of ether oxygens (including phenoxy) is 2. The molecule has 9 nitrogen and oxygen atoms in total. The molecule has 6 rings (SSSR count). The van der Waals surface area contributed by atoms with Gasteiger partial charge in [0.25, 0.3) is 0 Å². The molecule has 2 atom stereocenters. The smallest absolute Gasteiger partial charge is 0.227 e. The zero-order valence-corrected chi connectivity index (χ0v) is 23.6. The lowest BCUT2D eigenvalue weighted by Gasteiger charge is -2.39. The Morgan fingerprint density at radius 3 is 2.54 bits per heavy atom. The maximum absolute atomic E-state index is 10.6. The first-order chi connectivity index (χ1) is 20.0. The number of oxazole rings is 1. The molecule has 1 saturated heterocycles. The third kappa shape index (κ3) is 6.08. The van der Waals surface area contributed by atoms with Crippen LogP contribution in [0.2, 0.25) is 5.02 Å². The van der Waals surface area contributed by atoms with E-state index in [0.29, 0.717) is 34.3 Å². The number of rotatable bonds is 9. The van der Waals surface area contributed by atoms with E-state index in [2.05, 4.69) is 19.9 Å². The zero-order valence-electron chi connectivity index (χ0n) is 22.9. The van der Waals surface area contributed by atoms with Crippen molar-refractivity contribution in [2.75, 3.05) is 33.3 Å². The van der Waals surface area contributed by atoms with E-state index in [9.17, 15) is 5.11 Å². The lowest BCUT2D eigenvalue weighted by Crippen LogP contribution is -2.55. The number of hydrogen-bond acceptors (Lipinski definition) is 9. The fraction of sp³-hybridized carbons (Fsp3) is 0.290. The van der Waals surface area contributed by atoms with Gasteiger partial charge in [-0.3, -0.25) is 9.80 Å². The van der Waals surface area contributed by atoms with E-state index in [-0.39, 0.29) is 0 Å². The van der Waals surface area contributed by atoms with Crippen molar-refractivity contribution in [3.63, 3.8) is 0 Å². The standard InChI is InChI=1S/C31H31ClN4O5/c1-20(37)31(39-23-11-12-29-27(17-23)33-30(40-29)21-7-9-22(32)10-8-21)36-15-13-35(14-16-36)19-24-18-26(34-41-24)25-5-3-4-6-28(25)38-2/h3-12,17-18,20,31,37H,13-16,19H2,1-2H3/t20-,31?/m1/s1. The van der Waals surface area contributed by atoms with Crippen LogP contribution in [0.25, 0.3) is 33.8 Å². The average molecular weight is 575 g/mol. The first-order valence-electron chi connectivity index (χ1n) is 13.5. The van der Waals surface area contributed by atoms with Gasteiger partial charge in [-0.2, -0.15) is 0 Å². The first kappa shape index (κ1) is 27.3. The van der Waals surface area contributed by atoms with Crippen LogP contribution in [0.3, 0.4) is 0 Å². The van der Waals surface area contributed by atoms with Crippen LogP contribution in [0.15, 0.2) is 81.7 Å². The summed E-state index contributed by atoms with van der Waals surface area (Å²) >= 11 is 6.01. The molecule has 10 heteroatoms. The van der Waals surface area contributed by atoms with Gasteiger partial charge < -0.3 is 23.5 Å². The van der Waals surface area contributed by atoms with Crippen LogP contribution >= 0.6 is 11.6 Å². The molecule has 3 aromatic carbocycles. The quantitative estimate of drug-likeness (QED) is 0.237. The van der Waals surface area contributed by atoms with Gasteiger partial charge in [0.2, 0.25) is 5.89 Å². The van der Waals surface area contributed by atoms with E-state index < -0.39 is 12.3 Å². The first-order valence-corrected chi connectivity index (χ1v) is 13.9. The van der Waals surface area contributed by atoms with E-state index >= 15 is 0 Å². The summed E-state index contributed by atoms with van der Waals surface area (Å²) in [6.45, 7) is 5.45. The van der Waals surface area contributed by atoms with Gasteiger partial charge in [0.1, 0.15) is 28.8 Å². The third-order valence-corrected chi connectivity index (χ3v) is 7.46. The Balaban J connectivity index is 1.08. The lowest BCUT2D eigenvalue weighted by molar-refractivity contribution is -0.0756. The second kappa shape index (κ2) is 11.9. The van der Waals surface area contributed by atoms with Crippen molar-refractivity contribution in [2.24, 2.45) is 0 Å². The van der Waals surface area contributed by atoms with Crippen LogP contribution < -0.4 is 9.47 Å². The van der Waals surface area contributed by atoms with Crippen molar-refractivity contribution >= 4 is 22.7 Å². The number of aromatic nitrogens is 2. The van der Waals surface area contributed by atoms with Gasteiger partial charge >= 0.3 is 0 Å². The number of benzene rings is 3. The number of halogens is 1. The van der Waals surface area contributed by atoms with Crippen molar-refractivity contribution in [1.82, 2.24) is 19.9 Å². The van der Waals surface area contributed by atoms with Crippen molar-refractivity contribution < 1.29 is 23.5 Å². The van der Waals surface area contributed by atoms with Crippen LogP contribution in [0.1, 0.15) is 12.7 Å². The predicted octanol–water partition coefficient (Wildman–Crippen LogP) is 5.72. The summed E-state index contributed by atoms with van der Waals surface area (Å²) in [5.74, 6) is 2.68. The number of para-hydroxylation sites is 1. The van der Waals surface area contributed by atoms with Crippen molar-refractivity contribution in [3.8, 4) is 34.2 Å². The molecule has 0 bridgehead atoms. The molecule has 1 N–H and O–H groups in total. The van der Waals surface area contributed by atoms with E-state index in [1.165, 1.54) is 0 Å². The number of hydrogen-bond donors (Lipinski definition) is 1. The van der Waals surface area contributed by atoms with E-state index in [0.717, 1.165) is 54.5 Å². The molecule has 0 aliphatic carbocycles. The summed E-state index contributed by atoms with van der Waals surface area (Å²) in [5, 5.41) is 15.5. The van der Waals surface area contributed by atoms with Gasteiger partial charge in [-0.25, -0.2) is 4.98 Å². The highest BCUT2D eigenvalue weighted by atomic mass is 35.5. The molecule has 0 amide bonds. The second-order valence-electron chi connectivity index (χ2n) is 10.1. The molecule has 1 aliphatic heterocycles. The van der Waals surface area contributed by atoms with E-state index in [1.54, 1.807) is 26.2 Å². The molecule has 1 unspecified atom stereocenters. The Morgan fingerprint density at radius 1 is 1.00 bits per heavy atom. The highest BCUT2D eigenvalue weighted by Gasteiger charge is 2.29. The molecule has 41 heavy (non-hydrogen) atoms. The number of aliphatic hydroxyl groups is 1. The fourth-order valence-electron chi connectivity index (χ4n) is 5.08. The van der Waals surface area contributed by atoms with Gasteiger partial charge in [-0.1, -0.05) is 28.9 Å². The van der Waals surface area contributed by atoms with Gasteiger partial charge in [0, 0.05) is 54.5 Å². The maximum Gasteiger partial charge on any atom is 0.227 e. The minimum atomic E-state index is -0.697. The van der Waals surface area contributed by atoms with Crippen LogP contribution in [0.4, 0.5) is 0 Å². The predicted molar refractivity (Wildman–Crippen MR) is 156 cm³/mol. The summed E-state index contributed by atoms with van der Waals surface area (Å²) in [7, 11) is 1.65. The summed E-state index contributed by atoms with van der Waals surface area (Å²) in [4.78, 5) is 9.09. The van der Waals surface area contributed by atoms with Crippen LogP contribution in [0.5, 0.6) is 11.5 Å². The molecule has 0 radical (unpaired) electrons. The molecule has 1 aliphatic rings. The molecule has 3 heterocycles. The highest BCUT2D eigenvalue weighted by Crippen LogP contribution is 2.30. The number of nitrogens with zero attached hydrogens (tertiary/aromatic N) is 4. The molecular formula is C31H31ClN4O5. The Hall–Kier alpha value is -3.89. The SMILES string of the molecule is COc1ccccc1-c1cc(CN2CCN(C(Oc3ccc4oc(-c5ccc(Cl)cc5)nc4c3)[C@@H](C)O)CC2)on1. The average Bonchev–Trinajstić information content (AvgIpc) is 3.63. The second-order valence-corrected chi connectivity index (χ2v) is 10.5. The van der Waals surface area contributed by atoms with Crippen LogP contribution in [-0.2, 0) is 6.54 Å². The van der Waals surface area contributed by atoms with Crippen molar-refractivity contribution in [2.45, 2.75) is 25.8 Å². The summed E-state index contributed by atoms with van der Waals surface area (Å²) in [6.07, 6.45) is -1.20. The van der Waals surface area contributed by atoms with Crippen molar-refractivity contribution in [3.05, 3.63) is 83.6 Å². The molecule has 5 aromatic rings. The lowest BCUT2D eigenvalue weighted by atomic mass is 10.1. The minimum Gasteiger partial charge on any atom is -0.496 e. The Kier molecular flexibility index (Phi) is 7.93. The maximum atomic E-state index is 10.6. The Morgan fingerprint density at radius 2 is 1.78 bits per heavy atom. The monoisotopic (exact) mass is 574 g/mol. The van der Waals surface area contributed by atoms with Crippen LogP contribution in [0, 0.1) is 0 Å². The topological polar surface area (TPSA) is 97.2 Å². The number of methoxy groups -OCH3 is 1. The number of fused-ring (bicyclic) bond motifs is 1. The van der Waals surface area contributed by atoms with Crippen LogP contribution in [-0.4, -0.2) is 70.7 Å². The summed E-state index contributed by atoms with van der Waals surface area (Å²) < 4.78 is 23.3. The number of piperazine rings is 1. The number of aliphatic hydroxyl groups excluding tert-OH is 1. The summed E-state index contributed by atoms with van der Waals surface area (Å²) in [6, 6.07) is 22.6. The molecule has 212 valence electrons. The Labute approximate surface area is 242 Å². The highest BCUT2D eigenvalue weighted by molar-refractivity contribution is 6.30. The largest absolute Gasteiger partial charge is 0.496 e. The molecule has 1 fully saturated rings. The molecule has 0 saturated carbocycles. The summed E-state index contributed by atoms with van der Waals surface area (Å²) in [5.41, 5.74) is 3.83. The normalized spacial score (nSPS) is 16.1. The van der Waals surface area contributed by atoms with Gasteiger partial charge in [0.15, 0.2) is 17.6 Å². The van der Waals surface area contributed by atoms with Gasteiger partial charge in [0.05, 0.1) is 13.7 Å². The zero-order chi connectivity index (χ0) is 28.3. The van der Waals surface area contributed by atoms with E-state index in [1.807, 2.05) is 60.7 Å². The van der Waals surface area contributed by atoms with Gasteiger partial charge in [-0.05, 0) is 55.5 Å². The third-order valence-electron chi connectivity index (χ3n) is 7.21. The van der Waals surface area contributed by atoms with Gasteiger partial charge in [-0.15, -0.1) is 0 Å². The fourth-order valence-corrected chi connectivity index (χ4v) is 5.21. The molecule has 2 aromatic heterocycles. The van der Waals surface area contributed by atoms with Crippen molar-refractivity contribution in [1.29, 1.82) is 0 Å². The Bertz CT molecular complexity index is 1610. The molecule has 0 spiro atoms. The van der Waals surface area contributed by atoms with E-state index in [4.69, 9.17) is 30.0 Å². The molecular weight excluding hydrogens is 544 g/mol. The minimum absolute atomic E-state index is 0.500.